The molecule has 106 valence electrons. The molecule has 0 unspecified atom stereocenters. The van der Waals surface area contributed by atoms with Crippen LogP contribution in [-0.2, 0) is 6.54 Å². The Labute approximate surface area is 121 Å². The first-order chi connectivity index (χ1) is 9.44. The molecule has 2 rings (SSSR count). The summed E-state index contributed by atoms with van der Waals surface area (Å²) in [6.45, 7) is 0.351. The van der Waals surface area contributed by atoms with Crippen LogP contribution < -0.4 is 10.1 Å². The second-order valence-corrected chi connectivity index (χ2v) is 4.82. The number of rotatable bonds is 4. The van der Waals surface area contributed by atoms with Crippen molar-refractivity contribution >= 4 is 21.6 Å². The zero-order valence-electron chi connectivity index (χ0n) is 10.1. The van der Waals surface area contributed by atoms with E-state index in [2.05, 4.69) is 31.0 Å². The molecular formula is C13H10BrF3N2O. The average Bonchev–Trinajstić information content (AvgIpc) is 2.37. The van der Waals surface area contributed by atoms with Crippen molar-refractivity contribution in [3.8, 4) is 5.75 Å². The van der Waals surface area contributed by atoms with Gasteiger partial charge in [0, 0.05) is 23.4 Å². The van der Waals surface area contributed by atoms with Gasteiger partial charge < -0.3 is 10.1 Å². The summed E-state index contributed by atoms with van der Waals surface area (Å²) in [4.78, 5) is 3.93. The Hall–Kier alpha value is -1.76. The third-order valence-electron chi connectivity index (χ3n) is 2.38. The number of nitrogens with one attached hydrogen (secondary N) is 1. The highest BCUT2D eigenvalue weighted by atomic mass is 79.9. The van der Waals surface area contributed by atoms with E-state index in [4.69, 9.17) is 0 Å². The summed E-state index contributed by atoms with van der Waals surface area (Å²) >= 11 is 3.11. The van der Waals surface area contributed by atoms with Crippen LogP contribution in [-0.4, -0.2) is 11.3 Å². The van der Waals surface area contributed by atoms with Crippen molar-refractivity contribution < 1.29 is 17.9 Å². The Bertz CT molecular complexity index is 576. The normalized spacial score (nSPS) is 11.2. The van der Waals surface area contributed by atoms with Crippen LogP contribution in [0.2, 0.25) is 0 Å². The molecule has 0 amide bonds. The molecule has 1 aromatic carbocycles. The van der Waals surface area contributed by atoms with Gasteiger partial charge in [-0.25, -0.2) is 0 Å². The minimum absolute atomic E-state index is 0.259. The van der Waals surface area contributed by atoms with E-state index in [0.29, 0.717) is 11.0 Å². The Morgan fingerprint density at radius 1 is 1.25 bits per heavy atom. The van der Waals surface area contributed by atoms with Crippen molar-refractivity contribution in [3.05, 3.63) is 52.8 Å². The molecule has 0 spiro atoms. The van der Waals surface area contributed by atoms with Crippen LogP contribution in [0.4, 0.5) is 18.9 Å². The Morgan fingerprint density at radius 2 is 2.05 bits per heavy atom. The topological polar surface area (TPSA) is 34.1 Å². The standard InChI is InChI=1S/C13H10BrF3N2O/c14-10-3-4-11(12(6-10)20-13(15,16)17)19-8-9-2-1-5-18-7-9/h1-7,19H,8H2. The lowest BCUT2D eigenvalue weighted by Crippen LogP contribution is -2.18. The van der Waals surface area contributed by atoms with Gasteiger partial charge in [-0.15, -0.1) is 13.2 Å². The summed E-state index contributed by atoms with van der Waals surface area (Å²) in [5.74, 6) is -0.282. The number of aromatic nitrogens is 1. The lowest BCUT2D eigenvalue weighted by Gasteiger charge is -2.15. The summed E-state index contributed by atoms with van der Waals surface area (Å²) in [7, 11) is 0. The van der Waals surface area contributed by atoms with Gasteiger partial charge in [-0.3, -0.25) is 4.98 Å². The summed E-state index contributed by atoms with van der Waals surface area (Å²) in [5.41, 5.74) is 1.11. The fraction of sp³-hybridized carbons (Fsp3) is 0.154. The maximum atomic E-state index is 12.3. The second kappa shape index (κ2) is 6.13. The number of ether oxygens (including phenoxy) is 1. The van der Waals surface area contributed by atoms with Gasteiger partial charge in [-0.05, 0) is 29.8 Å². The van der Waals surface area contributed by atoms with Gasteiger partial charge in [-0.2, -0.15) is 0 Å². The molecule has 0 fully saturated rings. The van der Waals surface area contributed by atoms with E-state index in [1.54, 1.807) is 24.5 Å². The predicted octanol–water partition coefficient (Wildman–Crippen LogP) is 4.35. The monoisotopic (exact) mass is 346 g/mol. The zero-order chi connectivity index (χ0) is 14.6. The molecule has 0 aliphatic heterocycles. The van der Waals surface area contributed by atoms with Crippen molar-refractivity contribution in [1.29, 1.82) is 0 Å². The highest BCUT2D eigenvalue weighted by Gasteiger charge is 2.32. The molecule has 0 aliphatic carbocycles. The zero-order valence-corrected chi connectivity index (χ0v) is 11.7. The molecule has 20 heavy (non-hydrogen) atoms. The minimum Gasteiger partial charge on any atom is -0.404 e. The number of pyridine rings is 1. The highest BCUT2D eigenvalue weighted by Crippen LogP contribution is 2.33. The molecule has 1 heterocycles. The van der Waals surface area contributed by atoms with E-state index in [1.807, 2.05) is 6.07 Å². The molecule has 0 saturated heterocycles. The SMILES string of the molecule is FC(F)(F)Oc1cc(Br)ccc1NCc1cccnc1. The summed E-state index contributed by atoms with van der Waals surface area (Å²) in [6, 6.07) is 7.99. The Morgan fingerprint density at radius 3 is 2.70 bits per heavy atom. The van der Waals surface area contributed by atoms with Crippen molar-refractivity contribution in [1.82, 2.24) is 4.98 Å². The van der Waals surface area contributed by atoms with Crippen LogP contribution in [0.5, 0.6) is 5.75 Å². The van der Waals surface area contributed by atoms with E-state index in [1.165, 1.54) is 12.1 Å². The second-order valence-electron chi connectivity index (χ2n) is 3.90. The van der Waals surface area contributed by atoms with Gasteiger partial charge in [0.15, 0.2) is 5.75 Å². The largest absolute Gasteiger partial charge is 0.573 e. The van der Waals surface area contributed by atoms with Crippen molar-refractivity contribution in [3.63, 3.8) is 0 Å². The fourth-order valence-corrected chi connectivity index (χ4v) is 1.89. The number of halogens is 4. The molecule has 0 aliphatic rings. The van der Waals surface area contributed by atoms with E-state index in [0.717, 1.165) is 5.56 Å². The van der Waals surface area contributed by atoms with Crippen LogP contribution >= 0.6 is 15.9 Å². The smallest absolute Gasteiger partial charge is 0.404 e. The van der Waals surface area contributed by atoms with Crippen LogP contribution in [0.1, 0.15) is 5.56 Å². The van der Waals surface area contributed by atoms with Crippen LogP contribution in [0.15, 0.2) is 47.2 Å². The molecule has 1 N–H and O–H groups in total. The summed E-state index contributed by atoms with van der Waals surface area (Å²) in [6.07, 6.45) is -1.47. The minimum atomic E-state index is -4.73. The van der Waals surface area contributed by atoms with Crippen molar-refractivity contribution in [2.24, 2.45) is 0 Å². The van der Waals surface area contributed by atoms with E-state index in [-0.39, 0.29) is 11.4 Å². The molecule has 1 aromatic heterocycles. The van der Waals surface area contributed by atoms with E-state index < -0.39 is 6.36 Å². The number of hydrogen-bond acceptors (Lipinski definition) is 3. The van der Waals surface area contributed by atoms with Gasteiger partial charge in [0.25, 0.3) is 0 Å². The predicted molar refractivity (Wildman–Crippen MR) is 72.4 cm³/mol. The number of anilines is 1. The molecular weight excluding hydrogens is 337 g/mol. The van der Waals surface area contributed by atoms with Crippen molar-refractivity contribution in [2.45, 2.75) is 12.9 Å². The molecule has 2 aromatic rings. The number of nitrogens with zero attached hydrogens (tertiary/aromatic N) is 1. The lowest BCUT2D eigenvalue weighted by atomic mass is 10.2. The Balaban J connectivity index is 2.14. The number of benzene rings is 1. The third kappa shape index (κ3) is 4.41. The number of alkyl halides is 3. The fourth-order valence-electron chi connectivity index (χ4n) is 1.55. The molecule has 0 atom stereocenters. The quantitative estimate of drug-likeness (QED) is 0.893. The molecule has 0 bridgehead atoms. The van der Waals surface area contributed by atoms with Gasteiger partial charge in [0.1, 0.15) is 0 Å². The van der Waals surface area contributed by atoms with Gasteiger partial charge in [0.2, 0.25) is 0 Å². The first-order valence-corrected chi connectivity index (χ1v) is 6.41. The van der Waals surface area contributed by atoms with Crippen LogP contribution in [0.25, 0.3) is 0 Å². The van der Waals surface area contributed by atoms with Crippen LogP contribution in [0, 0.1) is 0 Å². The molecule has 3 nitrogen and oxygen atoms in total. The van der Waals surface area contributed by atoms with Crippen molar-refractivity contribution in [2.75, 3.05) is 5.32 Å². The third-order valence-corrected chi connectivity index (χ3v) is 2.87. The first kappa shape index (κ1) is 14.6. The van der Waals surface area contributed by atoms with E-state index in [9.17, 15) is 13.2 Å². The lowest BCUT2D eigenvalue weighted by molar-refractivity contribution is -0.274. The van der Waals surface area contributed by atoms with Gasteiger partial charge in [-0.1, -0.05) is 22.0 Å². The molecule has 0 saturated carbocycles. The maximum absolute atomic E-state index is 12.3. The van der Waals surface area contributed by atoms with Crippen LogP contribution in [0.3, 0.4) is 0 Å². The Kier molecular flexibility index (Phi) is 4.49. The van der Waals surface area contributed by atoms with E-state index >= 15 is 0 Å². The van der Waals surface area contributed by atoms with Gasteiger partial charge in [0.05, 0.1) is 5.69 Å². The summed E-state index contributed by atoms with van der Waals surface area (Å²) in [5, 5.41) is 2.89. The highest BCUT2D eigenvalue weighted by molar-refractivity contribution is 9.10. The first-order valence-electron chi connectivity index (χ1n) is 5.62. The maximum Gasteiger partial charge on any atom is 0.573 e. The van der Waals surface area contributed by atoms with Gasteiger partial charge >= 0.3 is 6.36 Å². The average molecular weight is 347 g/mol. The molecule has 7 heteroatoms. The molecule has 0 radical (unpaired) electrons. The summed E-state index contributed by atoms with van der Waals surface area (Å²) < 4.78 is 41.5. The number of hydrogen-bond donors (Lipinski definition) is 1.